The SMILES string of the molecule is O=C(Nc1cc(F)c(OC2CC3CCC2C3)c(F)c1)c1nc(N2CCCC2)oc1CC(F)(F)F. The van der Waals surface area contributed by atoms with Gasteiger partial charge in [0.15, 0.2) is 23.1 Å². The second-order valence-corrected chi connectivity index (χ2v) is 9.31. The minimum atomic E-state index is -4.63. The van der Waals surface area contributed by atoms with Crippen LogP contribution in [0.4, 0.5) is 33.7 Å². The zero-order valence-corrected chi connectivity index (χ0v) is 18.3. The quantitative estimate of drug-likeness (QED) is 0.549. The molecule has 2 bridgehead atoms. The van der Waals surface area contributed by atoms with Crippen molar-refractivity contribution in [2.45, 2.75) is 57.2 Å². The van der Waals surface area contributed by atoms with Crippen LogP contribution in [0.2, 0.25) is 0 Å². The molecule has 1 amide bonds. The van der Waals surface area contributed by atoms with Crippen LogP contribution in [0.25, 0.3) is 0 Å². The normalized spacial score (nSPS) is 24.1. The summed E-state index contributed by atoms with van der Waals surface area (Å²) in [6, 6.07) is 1.69. The number of aromatic nitrogens is 1. The molecular weight excluding hydrogens is 461 g/mol. The number of halogens is 5. The molecule has 184 valence electrons. The number of carbonyl (C=O) groups is 1. The number of amides is 1. The molecule has 1 aliphatic heterocycles. The molecule has 1 saturated heterocycles. The maximum atomic E-state index is 14.7. The van der Waals surface area contributed by atoms with Gasteiger partial charge in [-0.05, 0) is 50.4 Å². The van der Waals surface area contributed by atoms with Crippen molar-refractivity contribution in [1.82, 2.24) is 4.98 Å². The van der Waals surface area contributed by atoms with Gasteiger partial charge in [0.1, 0.15) is 18.3 Å². The number of nitrogens with zero attached hydrogens (tertiary/aromatic N) is 2. The van der Waals surface area contributed by atoms with Crippen LogP contribution in [-0.4, -0.2) is 36.3 Å². The van der Waals surface area contributed by atoms with Gasteiger partial charge in [0, 0.05) is 30.9 Å². The van der Waals surface area contributed by atoms with E-state index in [1.54, 1.807) is 4.90 Å². The average Bonchev–Trinajstić information content (AvgIpc) is 3.53. The second-order valence-electron chi connectivity index (χ2n) is 9.31. The third kappa shape index (κ3) is 4.69. The molecular formula is C23H24F5N3O3. The fourth-order valence-electron chi connectivity index (χ4n) is 5.28. The molecule has 6 nitrogen and oxygen atoms in total. The highest BCUT2D eigenvalue weighted by Crippen LogP contribution is 2.46. The number of nitrogens with one attached hydrogen (secondary N) is 1. The predicted octanol–water partition coefficient (Wildman–Crippen LogP) is 5.48. The van der Waals surface area contributed by atoms with Gasteiger partial charge in [-0.1, -0.05) is 0 Å². The Labute approximate surface area is 192 Å². The van der Waals surface area contributed by atoms with Crippen molar-refractivity contribution >= 4 is 17.6 Å². The van der Waals surface area contributed by atoms with Gasteiger partial charge >= 0.3 is 6.18 Å². The zero-order valence-electron chi connectivity index (χ0n) is 18.3. The molecule has 1 N–H and O–H groups in total. The van der Waals surface area contributed by atoms with Gasteiger partial charge in [0.05, 0.1) is 0 Å². The summed E-state index contributed by atoms with van der Waals surface area (Å²) in [6.07, 6.45) is -0.866. The van der Waals surface area contributed by atoms with Crippen LogP contribution < -0.4 is 15.0 Å². The third-order valence-corrected chi connectivity index (χ3v) is 6.84. The number of benzene rings is 1. The van der Waals surface area contributed by atoms with Crippen molar-refractivity contribution in [3.8, 4) is 5.75 Å². The highest BCUT2D eigenvalue weighted by atomic mass is 19.4. The van der Waals surface area contributed by atoms with Crippen molar-refractivity contribution in [1.29, 1.82) is 0 Å². The fraction of sp³-hybridized carbons (Fsp3) is 0.565. The Morgan fingerprint density at radius 1 is 1.15 bits per heavy atom. The van der Waals surface area contributed by atoms with Crippen molar-refractivity contribution in [2.24, 2.45) is 11.8 Å². The van der Waals surface area contributed by atoms with E-state index in [1.165, 1.54) is 0 Å². The first kappa shape index (κ1) is 22.9. The minimum absolute atomic E-state index is 0.0751. The summed E-state index contributed by atoms with van der Waals surface area (Å²) in [5.41, 5.74) is -0.827. The topological polar surface area (TPSA) is 67.6 Å². The van der Waals surface area contributed by atoms with Crippen LogP contribution in [0.1, 0.15) is 54.8 Å². The van der Waals surface area contributed by atoms with Crippen LogP contribution in [0.5, 0.6) is 5.75 Å². The predicted molar refractivity (Wildman–Crippen MR) is 112 cm³/mol. The first-order valence-corrected chi connectivity index (χ1v) is 11.4. The molecule has 3 fully saturated rings. The molecule has 3 atom stereocenters. The van der Waals surface area contributed by atoms with E-state index in [0.717, 1.165) is 50.7 Å². The number of carbonyl (C=O) groups excluding carboxylic acids is 1. The first-order chi connectivity index (χ1) is 16.2. The van der Waals surface area contributed by atoms with Crippen molar-refractivity contribution in [2.75, 3.05) is 23.3 Å². The van der Waals surface area contributed by atoms with Crippen molar-refractivity contribution in [3.05, 3.63) is 35.2 Å². The number of rotatable bonds is 6. The summed E-state index contributed by atoms with van der Waals surface area (Å²) >= 11 is 0. The molecule has 3 aliphatic rings. The molecule has 0 spiro atoms. The van der Waals surface area contributed by atoms with Gasteiger partial charge in [0.2, 0.25) is 0 Å². The smallest absolute Gasteiger partial charge is 0.396 e. The summed E-state index contributed by atoms with van der Waals surface area (Å²) < 4.78 is 79.3. The average molecular weight is 485 g/mol. The number of oxazole rings is 1. The third-order valence-electron chi connectivity index (χ3n) is 6.84. The van der Waals surface area contributed by atoms with E-state index in [4.69, 9.17) is 9.15 Å². The zero-order chi connectivity index (χ0) is 24.0. The Hall–Kier alpha value is -2.85. The van der Waals surface area contributed by atoms with E-state index in [9.17, 15) is 26.7 Å². The Bertz CT molecular complexity index is 1060. The fourth-order valence-corrected chi connectivity index (χ4v) is 5.28. The van der Waals surface area contributed by atoms with Gasteiger partial charge in [-0.3, -0.25) is 4.79 Å². The molecule has 1 aromatic carbocycles. The molecule has 0 radical (unpaired) electrons. The Morgan fingerprint density at radius 3 is 2.44 bits per heavy atom. The van der Waals surface area contributed by atoms with Gasteiger partial charge in [-0.25, -0.2) is 8.78 Å². The lowest BCUT2D eigenvalue weighted by Crippen LogP contribution is -2.24. The van der Waals surface area contributed by atoms with Gasteiger partial charge in [0.25, 0.3) is 11.9 Å². The maximum absolute atomic E-state index is 14.7. The summed E-state index contributed by atoms with van der Waals surface area (Å²) in [7, 11) is 0. The first-order valence-electron chi connectivity index (χ1n) is 11.4. The van der Waals surface area contributed by atoms with E-state index in [1.807, 2.05) is 0 Å². The molecule has 3 unspecified atom stereocenters. The van der Waals surface area contributed by atoms with Crippen LogP contribution in [0.15, 0.2) is 16.5 Å². The van der Waals surface area contributed by atoms with Crippen LogP contribution >= 0.6 is 0 Å². The van der Waals surface area contributed by atoms with E-state index >= 15 is 0 Å². The number of hydrogen-bond donors (Lipinski definition) is 1. The van der Waals surface area contributed by atoms with Crippen LogP contribution in [0.3, 0.4) is 0 Å². The Morgan fingerprint density at radius 2 is 1.85 bits per heavy atom. The lowest BCUT2D eigenvalue weighted by Gasteiger charge is -2.23. The highest BCUT2D eigenvalue weighted by Gasteiger charge is 2.41. The van der Waals surface area contributed by atoms with E-state index in [2.05, 4.69) is 10.3 Å². The summed E-state index contributed by atoms with van der Waals surface area (Å²) in [4.78, 5) is 18.3. The maximum Gasteiger partial charge on any atom is 0.396 e. The number of ether oxygens (including phenoxy) is 1. The summed E-state index contributed by atoms with van der Waals surface area (Å²) in [5, 5.41) is 2.23. The van der Waals surface area contributed by atoms with E-state index in [-0.39, 0.29) is 23.7 Å². The lowest BCUT2D eigenvalue weighted by molar-refractivity contribution is -0.130. The lowest BCUT2D eigenvalue weighted by atomic mass is 9.98. The monoisotopic (exact) mass is 485 g/mol. The molecule has 2 heterocycles. The number of hydrogen-bond acceptors (Lipinski definition) is 5. The molecule has 2 aliphatic carbocycles. The van der Waals surface area contributed by atoms with Gasteiger partial charge in [-0.15, -0.1) is 0 Å². The molecule has 34 heavy (non-hydrogen) atoms. The molecule has 5 rings (SSSR count). The summed E-state index contributed by atoms with van der Waals surface area (Å²) in [6.45, 7) is 1.10. The highest BCUT2D eigenvalue weighted by molar-refractivity contribution is 6.03. The second kappa shape index (κ2) is 8.74. The summed E-state index contributed by atoms with van der Waals surface area (Å²) in [5.74, 6) is -3.38. The molecule has 11 heteroatoms. The molecule has 2 saturated carbocycles. The van der Waals surface area contributed by atoms with E-state index < -0.39 is 47.3 Å². The number of anilines is 2. The Balaban J connectivity index is 1.34. The number of alkyl halides is 3. The van der Waals surface area contributed by atoms with Crippen molar-refractivity contribution in [3.63, 3.8) is 0 Å². The van der Waals surface area contributed by atoms with Crippen molar-refractivity contribution < 1.29 is 35.9 Å². The van der Waals surface area contributed by atoms with Gasteiger partial charge < -0.3 is 19.4 Å². The van der Waals surface area contributed by atoms with Gasteiger partial charge in [-0.2, -0.15) is 18.2 Å². The van der Waals surface area contributed by atoms with Crippen LogP contribution in [0, 0.1) is 23.5 Å². The van der Waals surface area contributed by atoms with E-state index in [0.29, 0.717) is 19.0 Å². The standard InChI is InChI=1S/C23H24F5N3O3/c24-15-9-14(10-16(25)20(15)33-17-8-12-3-4-13(17)7-12)29-21(32)19-18(11-23(26,27)28)34-22(30-19)31-5-1-2-6-31/h9-10,12-13,17H,1-8,11H2,(H,29,32). The number of fused-ring (bicyclic) bond motifs is 2. The Kier molecular flexibility index (Phi) is 5.89. The molecule has 2 aromatic rings. The molecule has 1 aromatic heterocycles. The van der Waals surface area contributed by atoms with Crippen LogP contribution in [-0.2, 0) is 6.42 Å². The minimum Gasteiger partial charge on any atom is -0.484 e. The largest absolute Gasteiger partial charge is 0.484 e.